The first kappa shape index (κ1) is 46.3. The summed E-state index contributed by atoms with van der Waals surface area (Å²) < 4.78 is 40.4. The van der Waals surface area contributed by atoms with E-state index >= 15 is 0 Å². The van der Waals surface area contributed by atoms with Crippen LogP contribution >= 0.6 is 0 Å². The molecule has 0 aliphatic carbocycles. The molecule has 1 aliphatic rings. The summed E-state index contributed by atoms with van der Waals surface area (Å²) >= 11 is 0. The molecule has 2 aromatic carbocycles. The molecule has 2 N–H and O–H groups in total. The van der Waals surface area contributed by atoms with Crippen LogP contribution < -0.4 is 10.2 Å². The number of fused-ring (bicyclic) bond motifs is 5. The quantitative estimate of drug-likeness (QED) is 0.0676. The van der Waals surface area contributed by atoms with Gasteiger partial charge in [0.25, 0.3) is 0 Å². The summed E-state index contributed by atoms with van der Waals surface area (Å²) in [6.07, 6.45) is 4.12. The fourth-order valence-corrected chi connectivity index (χ4v) is 6.05. The molecule has 0 spiro atoms. The van der Waals surface area contributed by atoms with Crippen LogP contribution in [0.5, 0.6) is 0 Å². The fourth-order valence-electron chi connectivity index (χ4n) is 6.05. The number of nitrogens with zero attached hydrogens (tertiary/aromatic N) is 4. The third-order valence-electron chi connectivity index (χ3n) is 9.01. The number of ketones is 1. The summed E-state index contributed by atoms with van der Waals surface area (Å²) in [7, 11) is 0. The van der Waals surface area contributed by atoms with Gasteiger partial charge in [0.1, 0.15) is 11.5 Å². The Bertz CT molecular complexity index is 1670. The average Bonchev–Trinajstić information content (AvgIpc) is 3.64. The highest BCUT2D eigenvalue weighted by Gasteiger charge is 2.28. The summed E-state index contributed by atoms with van der Waals surface area (Å²) in [6.45, 7) is 9.02. The number of carbonyl (C=O) groups excluding carboxylic acids is 3. The van der Waals surface area contributed by atoms with E-state index in [4.69, 9.17) is 38.6 Å². The molecule has 0 radical (unpaired) electrons. The molecule has 58 heavy (non-hydrogen) atoms. The molecule has 4 rings (SSSR count). The largest absolute Gasteiger partial charge is 0.379 e. The van der Waals surface area contributed by atoms with E-state index in [0.29, 0.717) is 156 Å². The van der Waals surface area contributed by atoms with Crippen molar-refractivity contribution >= 4 is 29.5 Å². The number of carbonyl (C=O) groups is 3. The molecule has 0 saturated heterocycles. The summed E-state index contributed by atoms with van der Waals surface area (Å²) in [4.78, 5) is 39.0. The Balaban J connectivity index is 1.15. The second kappa shape index (κ2) is 28.1. The van der Waals surface area contributed by atoms with Gasteiger partial charge in [0.05, 0.1) is 117 Å². The maximum absolute atomic E-state index is 13.9. The zero-order valence-corrected chi connectivity index (χ0v) is 33.8. The highest BCUT2D eigenvalue weighted by Crippen LogP contribution is 2.41. The lowest BCUT2D eigenvalue weighted by atomic mass is 9.95. The topological polar surface area (TPSA) is 186 Å². The van der Waals surface area contributed by atoms with E-state index in [1.807, 2.05) is 58.1 Å². The van der Waals surface area contributed by atoms with Crippen LogP contribution in [0.3, 0.4) is 0 Å². The molecular weight excluding hydrogens is 748 g/mol. The molecular formula is C42H60N6O10. The van der Waals surface area contributed by atoms with Crippen molar-refractivity contribution in [3.05, 3.63) is 54.1 Å². The molecule has 2 amide bonds. The standard InChI is InChI=1S/C42H60N6O10/c1-34(49)15-20-53-24-28-57-31-32-58-29-25-54-21-17-44-39(50)13-6-7-14-40(51)47-33-35-9-2-3-10-36(35)42-41(37-11-4-5-12-38(37)47)45-46-48(42)18-22-55-26-30-56-27-23-52-19-8-16-43/h2-5,9-12,16,43H,6-8,13-15,17-33H2,1H3,(H,44,50). The normalized spacial score (nSPS) is 12.0. The first-order valence-corrected chi connectivity index (χ1v) is 20.2. The smallest absolute Gasteiger partial charge is 0.227 e. The van der Waals surface area contributed by atoms with Gasteiger partial charge in [0.2, 0.25) is 11.8 Å². The van der Waals surface area contributed by atoms with Crippen LogP contribution in [0.1, 0.15) is 51.0 Å². The Kier molecular flexibility index (Phi) is 22.4. The van der Waals surface area contributed by atoms with Crippen molar-refractivity contribution in [1.82, 2.24) is 20.3 Å². The number of hydrogen-bond donors (Lipinski definition) is 2. The van der Waals surface area contributed by atoms with E-state index in [2.05, 4.69) is 15.6 Å². The summed E-state index contributed by atoms with van der Waals surface area (Å²) in [6, 6.07) is 15.8. The van der Waals surface area contributed by atoms with Gasteiger partial charge in [-0.05, 0) is 37.6 Å². The molecule has 2 heterocycles. The Labute approximate surface area is 341 Å². The van der Waals surface area contributed by atoms with Crippen LogP contribution in [-0.2, 0) is 60.6 Å². The minimum Gasteiger partial charge on any atom is -0.379 e. The monoisotopic (exact) mass is 808 g/mol. The van der Waals surface area contributed by atoms with Crippen LogP contribution in [0, 0.1) is 5.41 Å². The molecule has 0 bridgehead atoms. The van der Waals surface area contributed by atoms with Gasteiger partial charge in [-0.1, -0.05) is 47.7 Å². The lowest BCUT2D eigenvalue weighted by Gasteiger charge is -2.28. The molecule has 0 saturated carbocycles. The maximum Gasteiger partial charge on any atom is 0.227 e. The number of unbranched alkanes of at least 4 members (excludes halogenated alkanes) is 1. The fraction of sp³-hybridized carbons (Fsp3) is 0.571. The second-order valence-corrected chi connectivity index (χ2v) is 13.5. The molecule has 318 valence electrons. The zero-order chi connectivity index (χ0) is 41.0. The molecule has 3 aromatic rings. The van der Waals surface area contributed by atoms with E-state index in [9.17, 15) is 14.4 Å². The van der Waals surface area contributed by atoms with Crippen molar-refractivity contribution in [1.29, 1.82) is 5.41 Å². The predicted molar refractivity (Wildman–Crippen MR) is 218 cm³/mol. The van der Waals surface area contributed by atoms with Crippen molar-refractivity contribution < 1.29 is 47.5 Å². The zero-order valence-electron chi connectivity index (χ0n) is 33.8. The van der Waals surface area contributed by atoms with E-state index in [0.717, 1.165) is 28.1 Å². The molecule has 0 atom stereocenters. The second-order valence-electron chi connectivity index (χ2n) is 13.5. The van der Waals surface area contributed by atoms with Gasteiger partial charge >= 0.3 is 0 Å². The van der Waals surface area contributed by atoms with Gasteiger partial charge in [-0.3, -0.25) is 14.4 Å². The highest BCUT2D eigenvalue weighted by molar-refractivity contribution is 6.00. The lowest BCUT2D eigenvalue weighted by molar-refractivity contribution is -0.122. The van der Waals surface area contributed by atoms with Gasteiger partial charge in [-0.15, -0.1) is 5.10 Å². The Morgan fingerprint density at radius 2 is 1.26 bits per heavy atom. The number of amides is 2. The van der Waals surface area contributed by atoms with Gasteiger partial charge in [0.15, 0.2) is 0 Å². The van der Waals surface area contributed by atoms with Crippen molar-refractivity contribution in [3.63, 3.8) is 0 Å². The van der Waals surface area contributed by atoms with E-state index < -0.39 is 0 Å². The number of benzene rings is 2. The van der Waals surface area contributed by atoms with Gasteiger partial charge in [0, 0.05) is 43.4 Å². The minimum absolute atomic E-state index is 0.0237. The molecule has 1 aliphatic heterocycles. The third-order valence-corrected chi connectivity index (χ3v) is 9.01. The third kappa shape index (κ3) is 16.8. The molecule has 16 nitrogen and oxygen atoms in total. The first-order chi connectivity index (χ1) is 28.5. The lowest BCUT2D eigenvalue weighted by Crippen LogP contribution is -2.32. The number of anilines is 1. The maximum atomic E-state index is 13.9. The predicted octanol–water partition coefficient (Wildman–Crippen LogP) is 4.27. The molecule has 16 heteroatoms. The van der Waals surface area contributed by atoms with Crippen LogP contribution in [0.2, 0.25) is 0 Å². The average molecular weight is 809 g/mol. The highest BCUT2D eigenvalue weighted by atomic mass is 16.6. The Hall–Kier alpha value is -4.42. The molecule has 0 unspecified atom stereocenters. The van der Waals surface area contributed by atoms with E-state index in [-0.39, 0.29) is 17.6 Å². The number of aromatic nitrogens is 3. The van der Waals surface area contributed by atoms with Crippen LogP contribution in [0.15, 0.2) is 48.5 Å². The number of Topliss-reactive ketones (excluding diaryl/α,β-unsaturated/α-hetero) is 1. The molecule has 1 aromatic heterocycles. The number of hydrogen-bond acceptors (Lipinski definition) is 13. The summed E-state index contributed by atoms with van der Waals surface area (Å²) in [5.41, 5.74) is 5.11. The van der Waals surface area contributed by atoms with Crippen LogP contribution in [-0.4, -0.2) is 138 Å². The van der Waals surface area contributed by atoms with Crippen molar-refractivity contribution in [2.24, 2.45) is 0 Å². The number of ether oxygens (including phenoxy) is 7. The van der Waals surface area contributed by atoms with Crippen molar-refractivity contribution in [2.45, 2.75) is 58.5 Å². The summed E-state index contributed by atoms with van der Waals surface area (Å²) in [5.74, 6) is 0.00633. The van der Waals surface area contributed by atoms with Gasteiger partial charge < -0.3 is 48.8 Å². The van der Waals surface area contributed by atoms with E-state index in [1.54, 1.807) is 0 Å². The van der Waals surface area contributed by atoms with Crippen LogP contribution in [0.4, 0.5) is 5.69 Å². The van der Waals surface area contributed by atoms with Gasteiger partial charge in [-0.2, -0.15) is 0 Å². The van der Waals surface area contributed by atoms with Crippen molar-refractivity contribution in [2.75, 3.05) is 104 Å². The minimum atomic E-state index is -0.0771. The SMILES string of the molecule is CC(=O)CCOCCOCCOCCOCCNC(=O)CCCCC(=O)N1Cc2ccccc2-c2c(nnn2CCOCCOCCOCCC=N)-c2ccccc21. The summed E-state index contributed by atoms with van der Waals surface area (Å²) in [5, 5.41) is 19.0. The first-order valence-electron chi connectivity index (χ1n) is 20.2. The number of rotatable bonds is 32. The Morgan fingerprint density at radius 1 is 0.690 bits per heavy atom. The number of para-hydroxylation sites is 1. The Morgan fingerprint density at radius 3 is 1.93 bits per heavy atom. The van der Waals surface area contributed by atoms with Crippen LogP contribution in [0.25, 0.3) is 22.5 Å². The number of nitrogens with one attached hydrogen (secondary N) is 2. The molecule has 0 fully saturated rings. The van der Waals surface area contributed by atoms with E-state index in [1.165, 1.54) is 13.1 Å². The van der Waals surface area contributed by atoms with Crippen molar-refractivity contribution in [3.8, 4) is 22.5 Å². The van der Waals surface area contributed by atoms with Gasteiger partial charge in [-0.25, -0.2) is 4.68 Å².